The average molecular weight is 258 g/mol. The van der Waals surface area contributed by atoms with Crippen molar-refractivity contribution in [2.75, 3.05) is 0 Å². The fourth-order valence-corrected chi connectivity index (χ4v) is 2.72. The number of Topliss-reactive ketones (excluding diaryl/α,β-unsaturated/α-hetero) is 1. The van der Waals surface area contributed by atoms with Crippen molar-refractivity contribution in [2.24, 2.45) is 0 Å². The number of allylic oxidation sites excluding steroid dienone is 1. The van der Waals surface area contributed by atoms with Gasteiger partial charge in [0.15, 0.2) is 0 Å². The Balaban J connectivity index is 2.18. The van der Waals surface area contributed by atoms with E-state index in [9.17, 15) is 9.90 Å². The maximum absolute atomic E-state index is 11.9. The Morgan fingerprint density at radius 1 is 1.21 bits per heavy atom. The number of carbonyl (C=O) groups excluding carboxylic acids is 1. The van der Waals surface area contributed by atoms with Crippen molar-refractivity contribution >= 4 is 11.4 Å². The number of unbranched alkanes of at least 4 members (excludes halogenated alkanes) is 2. The van der Waals surface area contributed by atoms with Crippen LogP contribution in [0.3, 0.4) is 0 Å². The van der Waals surface area contributed by atoms with Crippen molar-refractivity contribution < 1.29 is 9.90 Å². The molecule has 0 aromatic heterocycles. The van der Waals surface area contributed by atoms with Crippen LogP contribution >= 0.6 is 0 Å². The lowest BCUT2D eigenvalue weighted by Crippen LogP contribution is -2.33. The minimum Gasteiger partial charge on any atom is -0.385 e. The summed E-state index contributed by atoms with van der Waals surface area (Å²) >= 11 is 0. The first kappa shape index (κ1) is 14.0. The van der Waals surface area contributed by atoms with E-state index in [1.807, 2.05) is 36.4 Å². The molecule has 0 saturated carbocycles. The van der Waals surface area contributed by atoms with Gasteiger partial charge in [-0.05, 0) is 23.6 Å². The van der Waals surface area contributed by atoms with Gasteiger partial charge in [-0.2, -0.15) is 0 Å². The first-order valence-corrected chi connectivity index (χ1v) is 7.14. The highest BCUT2D eigenvalue weighted by atomic mass is 16.3. The molecule has 0 radical (unpaired) electrons. The maximum Gasteiger partial charge on any atom is 0.140 e. The van der Waals surface area contributed by atoms with Crippen LogP contribution in [-0.4, -0.2) is 16.5 Å². The van der Waals surface area contributed by atoms with Crippen LogP contribution in [0.4, 0.5) is 0 Å². The van der Waals surface area contributed by atoms with Crippen LogP contribution < -0.4 is 0 Å². The summed E-state index contributed by atoms with van der Waals surface area (Å²) < 4.78 is 0. The van der Waals surface area contributed by atoms with Crippen molar-refractivity contribution in [3.63, 3.8) is 0 Å². The second kappa shape index (κ2) is 6.16. The van der Waals surface area contributed by atoms with Crippen LogP contribution in [0.25, 0.3) is 5.57 Å². The molecule has 1 aliphatic rings. The summed E-state index contributed by atoms with van der Waals surface area (Å²) in [4.78, 5) is 11.9. The molecule has 1 aliphatic carbocycles. The maximum atomic E-state index is 11.9. The molecule has 0 amide bonds. The summed E-state index contributed by atoms with van der Waals surface area (Å²) in [5.74, 6) is 0.139. The molecule has 19 heavy (non-hydrogen) atoms. The molecule has 0 spiro atoms. The van der Waals surface area contributed by atoms with Crippen molar-refractivity contribution in [2.45, 2.75) is 51.0 Å². The number of aliphatic hydroxyl groups is 1. The molecule has 0 bridgehead atoms. The second-order valence-corrected chi connectivity index (χ2v) is 5.49. The van der Waals surface area contributed by atoms with E-state index in [2.05, 4.69) is 6.92 Å². The Morgan fingerprint density at radius 3 is 2.63 bits per heavy atom. The van der Waals surface area contributed by atoms with Gasteiger partial charge in [-0.1, -0.05) is 56.5 Å². The number of hydrogen-bond donors (Lipinski definition) is 1. The third kappa shape index (κ3) is 3.77. The summed E-state index contributed by atoms with van der Waals surface area (Å²) in [7, 11) is 0. The number of hydrogen-bond acceptors (Lipinski definition) is 2. The lowest BCUT2D eigenvalue weighted by atomic mass is 9.80. The summed E-state index contributed by atoms with van der Waals surface area (Å²) in [6, 6.07) is 9.88. The normalized spacial score (nSPS) is 23.3. The molecule has 2 rings (SSSR count). The van der Waals surface area contributed by atoms with E-state index in [-0.39, 0.29) is 12.2 Å². The van der Waals surface area contributed by atoms with Crippen molar-refractivity contribution in [1.29, 1.82) is 0 Å². The standard InChI is InChI=1S/C17H22O2/c1-2-3-7-10-17(19)12-15(11-16(18)13-17)14-8-5-4-6-9-14/h4-6,8-9,12,19H,2-3,7,10-11,13H2,1H3. The molecule has 102 valence electrons. The van der Waals surface area contributed by atoms with Gasteiger partial charge in [0, 0.05) is 12.8 Å². The molecule has 0 heterocycles. The van der Waals surface area contributed by atoms with E-state index in [0.717, 1.165) is 30.4 Å². The average Bonchev–Trinajstić information content (AvgIpc) is 2.39. The Bertz CT molecular complexity index is 461. The number of rotatable bonds is 5. The quantitative estimate of drug-likeness (QED) is 0.817. The van der Waals surface area contributed by atoms with Gasteiger partial charge in [-0.3, -0.25) is 4.79 Å². The van der Waals surface area contributed by atoms with Crippen molar-refractivity contribution in [3.8, 4) is 0 Å². The number of benzene rings is 1. The Kier molecular flexibility index (Phi) is 4.54. The van der Waals surface area contributed by atoms with Crippen LogP contribution in [0, 0.1) is 0 Å². The van der Waals surface area contributed by atoms with Gasteiger partial charge in [0.25, 0.3) is 0 Å². The largest absolute Gasteiger partial charge is 0.385 e. The second-order valence-electron chi connectivity index (χ2n) is 5.49. The lowest BCUT2D eigenvalue weighted by molar-refractivity contribution is -0.122. The molecule has 0 fully saturated rings. The molecule has 2 nitrogen and oxygen atoms in total. The zero-order valence-electron chi connectivity index (χ0n) is 11.6. The van der Waals surface area contributed by atoms with Gasteiger partial charge in [0.1, 0.15) is 5.78 Å². The fourth-order valence-electron chi connectivity index (χ4n) is 2.72. The Morgan fingerprint density at radius 2 is 1.95 bits per heavy atom. The van der Waals surface area contributed by atoms with Crippen LogP contribution in [0.1, 0.15) is 51.0 Å². The predicted molar refractivity (Wildman–Crippen MR) is 77.8 cm³/mol. The molecule has 0 aliphatic heterocycles. The van der Waals surface area contributed by atoms with Crippen LogP contribution in [0.5, 0.6) is 0 Å². The van der Waals surface area contributed by atoms with Gasteiger partial charge in [0.05, 0.1) is 5.60 Å². The van der Waals surface area contributed by atoms with Crippen LogP contribution in [-0.2, 0) is 4.79 Å². The predicted octanol–water partition coefficient (Wildman–Crippen LogP) is 3.74. The molecule has 1 N–H and O–H groups in total. The molecule has 1 unspecified atom stereocenters. The summed E-state index contributed by atoms with van der Waals surface area (Å²) in [5, 5.41) is 10.6. The van der Waals surface area contributed by atoms with E-state index in [1.54, 1.807) is 0 Å². The van der Waals surface area contributed by atoms with E-state index in [0.29, 0.717) is 12.8 Å². The minimum atomic E-state index is -0.935. The Labute approximate surface area is 115 Å². The van der Waals surface area contributed by atoms with Gasteiger partial charge in [0.2, 0.25) is 0 Å². The molecule has 2 heteroatoms. The highest BCUT2D eigenvalue weighted by molar-refractivity contribution is 5.93. The fraction of sp³-hybridized carbons (Fsp3) is 0.471. The zero-order chi connectivity index (χ0) is 13.7. The Hall–Kier alpha value is -1.41. The lowest BCUT2D eigenvalue weighted by Gasteiger charge is -2.29. The van der Waals surface area contributed by atoms with Gasteiger partial charge < -0.3 is 5.11 Å². The molecule has 1 aromatic carbocycles. The highest BCUT2D eigenvalue weighted by Gasteiger charge is 2.32. The summed E-state index contributed by atoms with van der Waals surface area (Å²) in [6.45, 7) is 2.14. The molecule has 0 saturated heterocycles. The third-order valence-electron chi connectivity index (χ3n) is 3.69. The van der Waals surface area contributed by atoms with Crippen LogP contribution in [0.15, 0.2) is 36.4 Å². The topological polar surface area (TPSA) is 37.3 Å². The minimum absolute atomic E-state index is 0.139. The van der Waals surface area contributed by atoms with Gasteiger partial charge >= 0.3 is 0 Å². The smallest absolute Gasteiger partial charge is 0.140 e. The van der Waals surface area contributed by atoms with E-state index in [4.69, 9.17) is 0 Å². The van der Waals surface area contributed by atoms with Gasteiger partial charge in [-0.15, -0.1) is 0 Å². The summed E-state index contributed by atoms with van der Waals surface area (Å²) in [6.07, 6.45) is 6.51. The summed E-state index contributed by atoms with van der Waals surface area (Å²) in [5.41, 5.74) is 1.08. The van der Waals surface area contributed by atoms with E-state index >= 15 is 0 Å². The first-order valence-electron chi connectivity index (χ1n) is 7.14. The monoisotopic (exact) mass is 258 g/mol. The number of ketones is 1. The number of carbonyl (C=O) groups is 1. The third-order valence-corrected chi connectivity index (χ3v) is 3.69. The van der Waals surface area contributed by atoms with Crippen molar-refractivity contribution in [3.05, 3.63) is 42.0 Å². The highest BCUT2D eigenvalue weighted by Crippen LogP contribution is 2.33. The van der Waals surface area contributed by atoms with Crippen molar-refractivity contribution in [1.82, 2.24) is 0 Å². The van der Waals surface area contributed by atoms with Crippen LogP contribution in [0.2, 0.25) is 0 Å². The molecular formula is C17H22O2. The zero-order valence-corrected chi connectivity index (χ0v) is 11.6. The molecule has 1 atom stereocenters. The molecular weight excluding hydrogens is 236 g/mol. The van der Waals surface area contributed by atoms with Gasteiger partial charge in [-0.25, -0.2) is 0 Å². The SMILES string of the molecule is CCCCCC1(O)C=C(c2ccccc2)CC(=O)C1. The van der Waals surface area contributed by atoms with E-state index < -0.39 is 5.60 Å². The van der Waals surface area contributed by atoms with E-state index in [1.165, 1.54) is 0 Å². The first-order chi connectivity index (χ1) is 9.13. The molecule has 1 aromatic rings.